The van der Waals surface area contributed by atoms with E-state index in [-0.39, 0.29) is 13.1 Å². The van der Waals surface area contributed by atoms with Crippen molar-refractivity contribution in [3.8, 4) is 0 Å². The molecule has 2 N–H and O–H groups in total. The van der Waals surface area contributed by atoms with Crippen LogP contribution >= 0.6 is 11.6 Å². The molecule has 5 nitrogen and oxygen atoms in total. The van der Waals surface area contributed by atoms with Gasteiger partial charge in [0.25, 0.3) is 0 Å². The number of hydrogen-bond acceptors (Lipinski definition) is 3. The number of hydrogen-bond donors (Lipinski definition) is 2. The third-order valence-electron chi connectivity index (χ3n) is 4.08. The first-order valence-corrected chi connectivity index (χ1v) is 8.35. The van der Waals surface area contributed by atoms with Crippen LogP contribution in [0.5, 0.6) is 0 Å². The summed E-state index contributed by atoms with van der Waals surface area (Å²) in [6.07, 6.45) is 0. The number of nitrogens with one attached hydrogen (secondary N) is 2. The molecule has 26 heavy (non-hydrogen) atoms. The Morgan fingerprint density at radius 2 is 1.69 bits per heavy atom. The van der Waals surface area contributed by atoms with E-state index in [0.717, 1.165) is 0 Å². The van der Waals surface area contributed by atoms with Crippen molar-refractivity contribution in [1.29, 1.82) is 0 Å². The third-order valence-corrected chi connectivity index (χ3v) is 4.45. The minimum atomic E-state index is -1.11. The summed E-state index contributed by atoms with van der Waals surface area (Å²) in [6, 6.07) is 13.1. The lowest BCUT2D eigenvalue weighted by Gasteiger charge is -2.29. The number of carbonyl (C=O) groups is 2. The fourth-order valence-electron chi connectivity index (χ4n) is 2.39. The lowest BCUT2D eigenvalue weighted by molar-refractivity contribution is -0.140. The lowest BCUT2D eigenvalue weighted by atomic mass is 9.95. The maximum Gasteiger partial charge on any atom is 0.309 e. The molecule has 0 bridgehead atoms. The second kappa shape index (κ2) is 8.78. The first-order chi connectivity index (χ1) is 12.4. The number of ether oxygens (including phenoxy) is 1. The molecular formula is C19H20ClFN2O3. The minimum Gasteiger partial charge on any atom is -0.372 e. The van der Waals surface area contributed by atoms with Gasteiger partial charge in [-0.1, -0.05) is 48.0 Å². The molecule has 2 aromatic rings. The quantitative estimate of drug-likeness (QED) is 0.759. The van der Waals surface area contributed by atoms with Gasteiger partial charge in [-0.3, -0.25) is 9.59 Å². The van der Waals surface area contributed by atoms with E-state index in [4.69, 9.17) is 16.3 Å². The molecule has 0 fully saturated rings. The SMILES string of the molecule is COC(C)(CNC(=O)C(=O)NCc1ccccc1Cl)c1ccccc1F. The van der Waals surface area contributed by atoms with Crippen molar-refractivity contribution in [3.63, 3.8) is 0 Å². The van der Waals surface area contributed by atoms with E-state index < -0.39 is 23.2 Å². The largest absolute Gasteiger partial charge is 0.372 e. The molecule has 2 aromatic carbocycles. The van der Waals surface area contributed by atoms with Crippen LogP contribution in [0.1, 0.15) is 18.1 Å². The number of carbonyl (C=O) groups excluding carboxylic acids is 2. The van der Waals surface area contributed by atoms with Gasteiger partial charge in [-0.05, 0) is 24.6 Å². The molecule has 1 unspecified atom stereocenters. The highest BCUT2D eigenvalue weighted by atomic mass is 35.5. The van der Waals surface area contributed by atoms with Crippen molar-refractivity contribution in [2.75, 3.05) is 13.7 Å². The molecule has 0 aliphatic carbocycles. The highest BCUT2D eigenvalue weighted by Gasteiger charge is 2.30. The van der Waals surface area contributed by atoms with E-state index in [2.05, 4.69) is 10.6 Å². The summed E-state index contributed by atoms with van der Waals surface area (Å²) in [5.41, 5.74) is -0.119. The fourth-order valence-corrected chi connectivity index (χ4v) is 2.60. The van der Waals surface area contributed by atoms with Gasteiger partial charge in [-0.2, -0.15) is 0 Å². The van der Waals surface area contributed by atoms with Crippen LogP contribution in [0.25, 0.3) is 0 Å². The van der Waals surface area contributed by atoms with E-state index in [9.17, 15) is 14.0 Å². The normalized spacial score (nSPS) is 12.9. The van der Waals surface area contributed by atoms with Crippen LogP contribution in [0.15, 0.2) is 48.5 Å². The zero-order chi connectivity index (χ0) is 19.2. The topological polar surface area (TPSA) is 67.4 Å². The molecule has 7 heteroatoms. The summed E-state index contributed by atoms with van der Waals surface area (Å²) < 4.78 is 19.4. The van der Waals surface area contributed by atoms with Crippen LogP contribution < -0.4 is 10.6 Å². The summed E-state index contributed by atoms with van der Waals surface area (Å²) in [5, 5.41) is 5.47. The minimum absolute atomic E-state index is 0.0667. The van der Waals surface area contributed by atoms with Gasteiger partial charge in [0.15, 0.2) is 0 Å². The molecule has 0 spiro atoms. The molecule has 0 saturated heterocycles. The summed E-state index contributed by atoms with van der Waals surface area (Å²) in [7, 11) is 1.41. The Balaban J connectivity index is 1.95. The van der Waals surface area contributed by atoms with Gasteiger partial charge < -0.3 is 15.4 Å². The van der Waals surface area contributed by atoms with Gasteiger partial charge in [0.1, 0.15) is 11.4 Å². The van der Waals surface area contributed by atoms with E-state index >= 15 is 0 Å². The number of benzene rings is 2. The summed E-state index contributed by atoms with van der Waals surface area (Å²) in [6.45, 7) is 1.69. The average Bonchev–Trinajstić information content (AvgIpc) is 2.65. The van der Waals surface area contributed by atoms with Crippen LogP contribution in [0.4, 0.5) is 4.39 Å². The van der Waals surface area contributed by atoms with Crippen molar-refractivity contribution in [3.05, 3.63) is 70.5 Å². The molecule has 2 amide bonds. The van der Waals surface area contributed by atoms with E-state index in [0.29, 0.717) is 16.1 Å². The Labute approximate surface area is 156 Å². The standard InChI is InChI=1S/C19H20ClFN2O3/c1-19(26-2,14-8-4-6-10-16(14)21)12-23-18(25)17(24)22-11-13-7-3-5-9-15(13)20/h3-10H,11-12H2,1-2H3,(H,22,24)(H,23,25). The maximum absolute atomic E-state index is 14.0. The first-order valence-electron chi connectivity index (χ1n) is 7.97. The number of amides is 2. The van der Waals surface area contributed by atoms with Crippen LogP contribution in [-0.2, 0) is 26.5 Å². The summed E-state index contributed by atoms with van der Waals surface area (Å²) in [4.78, 5) is 24.0. The van der Waals surface area contributed by atoms with Gasteiger partial charge in [0.2, 0.25) is 0 Å². The Morgan fingerprint density at radius 1 is 1.08 bits per heavy atom. The first kappa shape index (κ1) is 19.9. The molecule has 0 radical (unpaired) electrons. The molecule has 138 valence electrons. The highest BCUT2D eigenvalue weighted by molar-refractivity contribution is 6.35. The third kappa shape index (κ3) is 4.80. The number of rotatable bonds is 6. The van der Waals surface area contributed by atoms with Gasteiger partial charge in [-0.15, -0.1) is 0 Å². The average molecular weight is 379 g/mol. The van der Waals surface area contributed by atoms with E-state index in [1.165, 1.54) is 13.2 Å². The molecule has 0 heterocycles. The zero-order valence-electron chi connectivity index (χ0n) is 14.5. The van der Waals surface area contributed by atoms with Crippen molar-refractivity contribution in [2.24, 2.45) is 0 Å². The highest BCUT2D eigenvalue weighted by Crippen LogP contribution is 2.26. The molecule has 2 rings (SSSR count). The molecule has 1 atom stereocenters. The lowest BCUT2D eigenvalue weighted by Crippen LogP contribution is -2.46. The molecule has 0 aliphatic rings. The van der Waals surface area contributed by atoms with Crippen LogP contribution in [-0.4, -0.2) is 25.5 Å². The molecule has 0 aromatic heterocycles. The predicted octanol–water partition coefficient (Wildman–Crippen LogP) is 2.77. The van der Waals surface area contributed by atoms with Gasteiger partial charge >= 0.3 is 11.8 Å². The molecule has 0 aliphatic heterocycles. The van der Waals surface area contributed by atoms with E-state index in [1.54, 1.807) is 49.4 Å². The molecular weight excluding hydrogens is 359 g/mol. The summed E-state index contributed by atoms with van der Waals surface area (Å²) >= 11 is 6.01. The number of halogens is 2. The monoisotopic (exact) mass is 378 g/mol. The van der Waals surface area contributed by atoms with Crippen LogP contribution in [0, 0.1) is 5.82 Å². The predicted molar refractivity (Wildman–Crippen MR) is 97.1 cm³/mol. The van der Waals surface area contributed by atoms with Gasteiger partial charge in [0.05, 0.1) is 6.54 Å². The molecule has 0 saturated carbocycles. The van der Waals surface area contributed by atoms with Gasteiger partial charge in [-0.25, -0.2) is 4.39 Å². The Hall–Kier alpha value is -2.44. The van der Waals surface area contributed by atoms with Crippen molar-refractivity contribution in [2.45, 2.75) is 19.1 Å². The van der Waals surface area contributed by atoms with Crippen molar-refractivity contribution in [1.82, 2.24) is 10.6 Å². The smallest absolute Gasteiger partial charge is 0.309 e. The second-order valence-electron chi connectivity index (χ2n) is 5.87. The summed E-state index contributed by atoms with van der Waals surface area (Å²) in [5.74, 6) is -2.09. The van der Waals surface area contributed by atoms with Crippen molar-refractivity contribution < 1.29 is 18.7 Å². The Bertz CT molecular complexity index is 800. The van der Waals surface area contributed by atoms with Crippen LogP contribution in [0.2, 0.25) is 5.02 Å². The van der Waals surface area contributed by atoms with E-state index in [1.807, 2.05) is 0 Å². The Kier molecular flexibility index (Phi) is 6.71. The second-order valence-corrected chi connectivity index (χ2v) is 6.28. The van der Waals surface area contributed by atoms with Gasteiger partial charge in [0, 0.05) is 24.2 Å². The van der Waals surface area contributed by atoms with Crippen molar-refractivity contribution >= 4 is 23.4 Å². The fraction of sp³-hybridized carbons (Fsp3) is 0.263. The number of methoxy groups -OCH3 is 1. The maximum atomic E-state index is 14.0. The van der Waals surface area contributed by atoms with Crippen LogP contribution in [0.3, 0.4) is 0 Å². The Morgan fingerprint density at radius 3 is 2.35 bits per heavy atom. The zero-order valence-corrected chi connectivity index (χ0v) is 15.3.